The number of rotatable bonds is 3. The third kappa shape index (κ3) is 6.66. The number of carboxylic acids is 1. The molecule has 0 aliphatic heterocycles. The fourth-order valence-corrected chi connectivity index (χ4v) is 0.334. The summed E-state index contributed by atoms with van der Waals surface area (Å²) in [6.45, 7) is 1.76. The van der Waals surface area contributed by atoms with Gasteiger partial charge in [-0.1, -0.05) is 6.92 Å². The summed E-state index contributed by atoms with van der Waals surface area (Å²) >= 11 is 0. The summed E-state index contributed by atoms with van der Waals surface area (Å²) in [7, 11) is 0. The van der Waals surface area contributed by atoms with Crippen LogP contribution in [0.4, 0.5) is 0 Å². The van der Waals surface area contributed by atoms with Gasteiger partial charge in [0, 0.05) is 6.42 Å². The van der Waals surface area contributed by atoms with E-state index in [1.807, 2.05) is 0 Å². The van der Waals surface area contributed by atoms with Gasteiger partial charge in [-0.3, -0.25) is 4.79 Å². The number of hydrogen-bond donors (Lipinski definition) is 1. The third-order valence-corrected chi connectivity index (χ3v) is 0.716. The Hall–Kier alpha value is 0.776. The van der Waals surface area contributed by atoms with E-state index < -0.39 is 11.8 Å². The summed E-state index contributed by atoms with van der Waals surface area (Å²) in [5.41, 5.74) is 0. The minimum atomic E-state index is -1.33. The van der Waals surface area contributed by atoms with Crippen LogP contribution in [0, 0.1) is 0 Å². The molecule has 0 rings (SSSR count). The van der Waals surface area contributed by atoms with Gasteiger partial charge in [0.2, 0.25) is 5.78 Å². The molecule has 0 spiro atoms. The monoisotopic (exact) mass is 156 g/mol. The molecule has 0 aromatic carbocycles. The van der Waals surface area contributed by atoms with Crippen LogP contribution in [0.2, 0.25) is 0 Å². The predicted octanol–water partition coefficient (Wildman–Crippen LogP) is -0.208. The van der Waals surface area contributed by atoms with Gasteiger partial charge in [-0.05, 0) is 6.42 Å². The Kier molecular flexibility index (Phi) is 9.53. The van der Waals surface area contributed by atoms with Crippen LogP contribution in [0.5, 0.6) is 0 Å². The second kappa shape index (κ2) is 6.89. The summed E-state index contributed by atoms with van der Waals surface area (Å²) in [5.74, 6) is -2.03. The van der Waals surface area contributed by atoms with E-state index in [1.54, 1.807) is 6.92 Å². The average Bonchev–Trinajstić information content (AvgIpc) is 1.67. The third-order valence-electron chi connectivity index (χ3n) is 0.716. The molecule has 0 fully saturated rings. The summed E-state index contributed by atoms with van der Waals surface area (Å²) in [6.07, 6.45) is 0.750. The summed E-state index contributed by atoms with van der Waals surface area (Å²) in [6, 6.07) is 0. The fraction of sp³-hybridized carbons (Fsp3) is 0.600. The van der Waals surface area contributed by atoms with Gasteiger partial charge in [-0.25, -0.2) is 4.79 Å². The van der Waals surface area contributed by atoms with Crippen LogP contribution in [-0.4, -0.2) is 68.2 Å². The first-order valence-electron chi connectivity index (χ1n) is 2.44. The molecule has 9 heavy (non-hydrogen) atoms. The Morgan fingerprint density at radius 1 is 1.44 bits per heavy atom. The molecule has 0 aromatic rings. The van der Waals surface area contributed by atoms with Crippen molar-refractivity contribution >= 4 is 63.1 Å². The van der Waals surface area contributed by atoms with Crippen molar-refractivity contribution in [2.24, 2.45) is 0 Å². The van der Waals surface area contributed by atoms with Crippen LogP contribution in [0.15, 0.2) is 0 Å². The number of carbonyl (C=O) groups is 2. The molecule has 0 amide bonds. The van der Waals surface area contributed by atoms with Crippen molar-refractivity contribution < 1.29 is 14.7 Å². The van der Waals surface area contributed by atoms with Gasteiger partial charge in [0.05, 0.1) is 0 Å². The molecule has 0 aliphatic rings. The second-order valence-electron chi connectivity index (χ2n) is 1.48. The van der Waals surface area contributed by atoms with Gasteiger partial charge in [-0.15, -0.1) is 0 Å². The quantitative estimate of drug-likeness (QED) is 0.454. The summed E-state index contributed by atoms with van der Waals surface area (Å²) in [4.78, 5) is 19.9. The fourth-order valence-electron chi connectivity index (χ4n) is 0.334. The Bertz CT molecular complexity index is 111. The van der Waals surface area contributed by atoms with Crippen molar-refractivity contribution in [3.63, 3.8) is 0 Å². The van der Waals surface area contributed by atoms with E-state index in [-0.39, 0.29) is 57.8 Å². The predicted molar refractivity (Wildman–Crippen MR) is 34.7 cm³/mol. The first-order chi connectivity index (χ1) is 3.68. The van der Waals surface area contributed by atoms with Crippen LogP contribution in [0.1, 0.15) is 19.8 Å². The molecule has 0 aromatic heterocycles. The number of hydrogen-bond acceptors (Lipinski definition) is 2. The molecular formula is C5H9KO3. The Labute approximate surface area is 96.2 Å². The van der Waals surface area contributed by atoms with Crippen molar-refractivity contribution in [2.45, 2.75) is 19.8 Å². The van der Waals surface area contributed by atoms with E-state index >= 15 is 0 Å². The molecule has 0 unspecified atom stereocenters. The molecule has 0 saturated heterocycles. The van der Waals surface area contributed by atoms with Crippen molar-refractivity contribution in [2.75, 3.05) is 0 Å². The average molecular weight is 156 g/mol. The maximum absolute atomic E-state index is 10.1. The van der Waals surface area contributed by atoms with Crippen LogP contribution >= 0.6 is 0 Å². The number of ketones is 1. The van der Waals surface area contributed by atoms with Gasteiger partial charge in [0.25, 0.3) is 0 Å². The van der Waals surface area contributed by atoms with E-state index in [0.29, 0.717) is 6.42 Å². The molecule has 0 saturated carbocycles. The molecule has 0 heterocycles. The molecule has 1 N–H and O–H groups in total. The van der Waals surface area contributed by atoms with Gasteiger partial charge >= 0.3 is 57.4 Å². The second-order valence-corrected chi connectivity index (χ2v) is 1.48. The van der Waals surface area contributed by atoms with Crippen LogP contribution in [-0.2, 0) is 9.59 Å². The molecule has 0 atom stereocenters. The maximum atomic E-state index is 10.1. The molecule has 0 bridgehead atoms. The number of Topliss-reactive ketones (excluding diaryl/α,β-unsaturated/α-hetero) is 1. The number of carbonyl (C=O) groups excluding carboxylic acids is 1. The molecule has 48 valence electrons. The number of aliphatic carboxylic acids is 1. The van der Waals surface area contributed by atoms with Gasteiger partial charge < -0.3 is 5.11 Å². The number of carboxylic acid groups (broad SMARTS) is 1. The molecular weight excluding hydrogens is 147 g/mol. The van der Waals surface area contributed by atoms with Gasteiger partial charge in [-0.2, -0.15) is 0 Å². The van der Waals surface area contributed by atoms with Crippen LogP contribution in [0.3, 0.4) is 0 Å². The van der Waals surface area contributed by atoms with E-state index in [2.05, 4.69) is 0 Å². The molecule has 0 aliphatic carbocycles. The van der Waals surface area contributed by atoms with Crippen LogP contribution in [0.25, 0.3) is 0 Å². The standard InChI is InChI=1S/C5H8O3.K.H/c1-2-3-4(6)5(7)8;;/h2-3H2,1H3,(H,7,8);;. The summed E-state index contributed by atoms with van der Waals surface area (Å²) < 4.78 is 0. The van der Waals surface area contributed by atoms with Crippen LogP contribution < -0.4 is 0 Å². The van der Waals surface area contributed by atoms with Crippen molar-refractivity contribution in [1.82, 2.24) is 0 Å². The SMILES string of the molecule is CCCC(=O)C(=O)O.[KH]. The molecule has 3 nitrogen and oxygen atoms in total. The van der Waals surface area contributed by atoms with Gasteiger partial charge in [0.15, 0.2) is 0 Å². The van der Waals surface area contributed by atoms with Gasteiger partial charge in [0.1, 0.15) is 0 Å². The van der Waals surface area contributed by atoms with Crippen molar-refractivity contribution in [1.29, 1.82) is 0 Å². The zero-order valence-corrected chi connectivity index (χ0v) is 4.68. The normalized spacial score (nSPS) is 7.67. The first-order valence-corrected chi connectivity index (χ1v) is 2.44. The van der Waals surface area contributed by atoms with Crippen molar-refractivity contribution in [3.05, 3.63) is 0 Å². The van der Waals surface area contributed by atoms with E-state index in [9.17, 15) is 9.59 Å². The Balaban J connectivity index is 0. The van der Waals surface area contributed by atoms with Crippen molar-refractivity contribution in [3.8, 4) is 0 Å². The van der Waals surface area contributed by atoms with E-state index in [4.69, 9.17) is 5.11 Å². The zero-order chi connectivity index (χ0) is 6.57. The minimum absolute atomic E-state index is 0. The zero-order valence-electron chi connectivity index (χ0n) is 4.68. The summed E-state index contributed by atoms with van der Waals surface area (Å²) in [5, 5.41) is 7.96. The first kappa shape index (κ1) is 12.5. The Morgan fingerprint density at radius 3 is 2.00 bits per heavy atom. The van der Waals surface area contributed by atoms with E-state index in [1.165, 1.54) is 0 Å². The topological polar surface area (TPSA) is 54.4 Å². The van der Waals surface area contributed by atoms with E-state index in [0.717, 1.165) is 0 Å². The Morgan fingerprint density at radius 2 is 1.89 bits per heavy atom. The molecule has 0 radical (unpaired) electrons. The molecule has 4 heteroatoms.